The first kappa shape index (κ1) is 10.2. The van der Waals surface area contributed by atoms with Crippen LogP contribution in [0.3, 0.4) is 0 Å². The smallest absolute Gasteiger partial charge is 0.117 e. The van der Waals surface area contributed by atoms with Crippen molar-refractivity contribution in [2.45, 2.75) is 20.4 Å². The van der Waals surface area contributed by atoms with Crippen LogP contribution in [-0.2, 0) is 6.54 Å². The predicted octanol–water partition coefficient (Wildman–Crippen LogP) is 2.02. The van der Waals surface area contributed by atoms with Gasteiger partial charge in [0.05, 0.1) is 19.5 Å². The van der Waals surface area contributed by atoms with E-state index < -0.39 is 0 Å². The lowest BCUT2D eigenvalue weighted by Gasteiger charge is -1.80. The van der Waals surface area contributed by atoms with Crippen molar-refractivity contribution in [3.63, 3.8) is 0 Å². The molecule has 0 amide bonds. The zero-order chi connectivity index (χ0) is 8.69. The molecule has 0 saturated carbocycles. The van der Waals surface area contributed by atoms with E-state index in [9.17, 15) is 4.39 Å². The molecule has 0 atom stereocenters. The van der Waals surface area contributed by atoms with Gasteiger partial charge in [-0.2, -0.15) is 0 Å². The summed E-state index contributed by atoms with van der Waals surface area (Å²) >= 11 is 0. The van der Waals surface area contributed by atoms with Crippen LogP contribution in [-0.4, -0.2) is 6.67 Å². The molecule has 2 nitrogen and oxygen atoms in total. The van der Waals surface area contributed by atoms with Gasteiger partial charge >= 0.3 is 0 Å². The molecule has 0 aliphatic heterocycles. The molecule has 0 aliphatic rings. The van der Waals surface area contributed by atoms with Crippen LogP contribution in [0.4, 0.5) is 4.39 Å². The van der Waals surface area contributed by atoms with Crippen LogP contribution in [0.1, 0.15) is 18.2 Å². The van der Waals surface area contributed by atoms with Crippen molar-refractivity contribution in [2.24, 2.45) is 5.73 Å². The summed E-state index contributed by atoms with van der Waals surface area (Å²) in [4.78, 5) is 0. The Hall–Kier alpha value is -0.830. The van der Waals surface area contributed by atoms with Gasteiger partial charge in [0.2, 0.25) is 0 Å². The van der Waals surface area contributed by atoms with Crippen LogP contribution in [0.25, 0.3) is 0 Å². The fourth-order valence-corrected chi connectivity index (χ4v) is 0.598. The monoisotopic (exact) mass is 159 g/mol. The molecule has 1 aromatic rings. The Morgan fingerprint density at radius 1 is 1.64 bits per heavy atom. The quantitative estimate of drug-likeness (QED) is 0.680. The third-order valence-electron chi connectivity index (χ3n) is 0.986. The second kappa shape index (κ2) is 5.92. The van der Waals surface area contributed by atoms with E-state index in [1.807, 2.05) is 13.0 Å². The maximum absolute atomic E-state index is 10.3. The average Bonchev–Trinajstić information content (AvgIpc) is 2.37. The second-order valence-electron chi connectivity index (χ2n) is 2.06. The molecular formula is C8H14FNO. The predicted molar refractivity (Wildman–Crippen MR) is 43.0 cm³/mol. The largest absolute Gasteiger partial charge is 0.468 e. The Bertz CT molecular complexity index is 186. The first-order valence-electron chi connectivity index (χ1n) is 3.54. The maximum atomic E-state index is 10.3. The summed E-state index contributed by atoms with van der Waals surface area (Å²) in [6.45, 7) is 3.68. The Labute approximate surface area is 66.2 Å². The highest BCUT2D eigenvalue weighted by atomic mass is 19.1. The van der Waals surface area contributed by atoms with Gasteiger partial charge in [-0.3, -0.25) is 4.39 Å². The van der Waals surface area contributed by atoms with Crippen molar-refractivity contribution in [3.05, 3.63) is 23.7 Å². The summed E-state index contributed by atoms with van der Waals surface area (Å²) in [6.07, 6.45) is 1.70. The molecule has 0 spiro atoms. The maximum Gasteiger partial charge on any atom is 0.117 e. The minimum Gasteiger partial charge on any atom is -0.468 e. The molecule has 0 radical (unpaired) electrons. The van der Waals surface area contributed by atoms with E-state index in [0.717, 1.165) is 11.3 Å². The van der Waals surface area contributed by atoms with Gasteiger partial charge in [-0.05, 0) is 25.5 Å². The molecule has 1 heterocycles. The third-order valence-corrected chi connectivity index (χ3v) is 0.986. The van der Waals surface area contributed by atoms with E-state index >= 15 is 0 Å². The van der Waals surface area contributed by atoms with Crippen LogP contribution in [0.15, 0.2) is 16.7 Å². The van der Waals surface area contributed by atoms with E-state index in [0.29, 0.717) is 6.54 Å². The van der Waals surface area contributed by atoms with Crippen LogP contribution in [0.5, 0.6) is 0 Å². The zero-order valence-electron chi connectivity index (χ0n) is 6.93. The number of alkyl halides is 1. The number of nitrogens with two attached hydrogens (primary N) is 1. The Morgan fingerprint density at radius 2 is 2.18 bits per heavy atom. The van der Waals surface area contributed by atoms with E-state index in [-0.39, 0.29) is 6.67 Å². The average molecular weight is 159 g/mol. The number of halogens is 1. The zero-order valence-corrected chi connectivity index (χ0v) is 6.93. The van der Waals surface area contributed by atoms with Crippen LogP contribution < -0.4 is 5.73 Å². The molecule has 0 fully saturated rings. The van der Waals surface area contributed by atoms with Crippen molar-refractivity contribution in [1.82, 2.24) is 0 Å². The normalized spacial score (nSPS) is 8.73. The van der Waals surface area contributed by atoms with E-state index in [1.54, 1.807) is 6.26 Å². The Morgan fingerprint density at radius 3 is 2.36 bits per heavy atom. The number of hydrogen-bond donors (Lipinski definition) is 1. The molecule has 1 rings (SSSR count). The van der Waals surface area contributed by atoms with Gasteiger partial charge in [-0.15, -0.1) is 0 Å². The van der Waals surface area contributed by atoms with Crippen molar-refractivity contribution in [1.29, 1.82) is 0 Å². The van der Waals surface area contributed by atoms with Crippen LogP contribution >= 0.6 is 0 Å². The number of aryl methyl sites for hydroxylation is 1. The first-order valence-corrected chi connectivity index (χ1v) is 3.54. The number of furan rings is 1. The fraction of sp³-hybridized carbons (Fsp3) is 0.500. The molecule has 0 bridgehead atoms. The van der Waals surface area contributed by atoms with Crippen molar-refractivity contribution in [3.8, 4) is 0 Å². The molecule has 3 heteroatoms. The molecular weight excluding hydrogens is 145 g/mol. The third kappa shape index (κ3) is 4.56. The molecule has 0 saturated heterocycles. The summed E-state index contributed by atoms with van der Waals surface area (Å²) in [6, 6.07) is 1.93. The minimum absolute atomic E-state index is 0.250. The number of hydrogen-bond acceptors (Lipinski definition) is 2. The van der Waals surface area contributed by atoms with Crippen molar-refractivity contribution >= 4 is 0 Å². The second-order valence-corrected chi connectivity index (χ2v) is 2.06. The first-order chi connectivity index (χ1) is 5.24. The summed E-state index contributed by atoms with van der Waals surface area (Å²) in [5.74, 6) is 0.850. The lowest BCUT2D eigenvalue weighted by molar-refractivity contribution is 0.511. The standard InChI is InChI=1S/C6H9NO.C2H5F/c1-5-2-6(3-7)8-4-5;1-2-3/h2,4H,3,7H2,1H3;2H2,1H3. The molecule has 1 aromatic heterocycles. The van der Waals surface area contributed by atoms with Crippen molar-refractivity contribution in [2.75, 3.05) is 6.67 Å². The van der Waals surface area contributed by atoms with Crippen LogP contribution in [0.2, 0.25) is 0 Å². The summed E-state index contributed by atoms with van der Waals surface area (Å²) in [5, 5.41) is 0. The van der Waals surface area contributed by atoms with Gasteiger partial charge in [-0.25, -0.2) is 0 Å². The van der Waals surface area contributed by atoms with E-state index in [1.165, 1.54) is 6.92 Å². The Kier molecular flexibility index (Phi) is 5.47. The van der Waals surface area contributed by atoms with Gasteiger partial charge in [-0.1, -0.05) is 0 Å². The lowest BCUT2D eigenvalue weighted by atomic mass is 10.3. The lowest BCUT2D eigenvalue weighted by Crippen LogP contribution is -1.92. The molecule has 11 heavy (non-hydrogen) atoms. The SMILES string of the molecule is CCF.Cc1coc(CN)c1. The highest BCUT2D eigenvalue weighted by Gasteiger charge is 1.91. The summed E-state index contributed by atoms with van der Waals surface area (Å²) in [7, 11) is 0. The van der Waals surface area contributed by atoms with Gasteiger partial charge in [0.25, 0.3) is 0 Å². The molecule has 0 aromatic carbocycles. The van der Waals surface area contributed by atoms with Crippen LogP contribution in [0, 0.1) is 6.92 Å². The van der Waals surface area contributed by atoms with E-state index in [2.05, 4.69) is 0 Å². The van der Waals surface area contributed by atoms with Gasteiger partial charge < -0.3 is 10.2 Å². The topological polar surface area (TPSA) is 39.2 Å². The van der Waals surface area contributed by atoms with E-state index in [4.69, 9.17) is 10.2 Å². The highest BCUT2D eigenvalue weighted by Crippen LogP contribution is 2.03. The Balaban J connectivity index is 0.000000292. The van der Waals surface area contributed by atoms with Gasteiger partial charge in [0, 0.05) is 0 Å². The van der Waals surface area contributed by atoms with Gasteiger partial charge in [0.15, 0.2) is 0 Å². The molecule has 64 valence electrons. The minimum atomic E-state index is -0.250. The fourth-order valence-electron chi connectivity index (χ4n) is 0.598. The molecule has 0 unspecified atom stereocenters. The summed E-state index contributed by atoms with van der Waals surface area (Å²) in [5.41, 5.74) is 6.40. The molecule has 0 aliphatic carbocycles. The number of rotatable bonds is 1. The van der Waals surface area contributed by atoms with Crippen molar-refractivity contribution < 1.29 is 8.81 Å². The highest BCUT2D eigenvalue weighted by molar-refractivity contribution is 5.09. The van der Waals surface area contributed by atoms with Gasteiger partial charge in [0.1, 0.15) is 5.76 Å². The molecule has 2 N–H and O–H groups in total. The summed E-state index contributed by atoms with van der Waals surface area (Å²) < 4.78 is 15.3.